The Morgan fingerprint density at radius 1 is 1.16 bits per heavy atom. The first kappa shape index (κ1) is 23.5. The number of benzene rings is 1. The molecule has 1 atom stereocenters. The maximum atomic E-state index is 13.5. The van der Waals surface area contributed by atoms with Gasteiger partial charge in [-0.1, -0.05) is 38.3 Å². The zero-order chi connectivity index (χ0) is 22.4. The van der Waals surface area contributed by atoms with E-state index in [2.05, 4.69) is 18.4 Å². The van der Waals surface area contributed by atoms with Crippen molar-refractivity contribution < 1.29 is 14.0 Å². The zero-order valence-corrected chi connectivity index (χ0v) is 19.6. The summed E-state index contributed by atoms with van der Waals surface area (Å²) in [5.74, 6) is -0.296. The molecule has 0 spiro atoms. The Morgan fingerprint density at radius 2 is 1.90 bits per heavy atom. The van der Waals surface area contributed by atoms with Crippen molar-refractivity contribution in [3.05, 3.63) is 57.5 Å². The highest BCUT2D eigenvalue weighted by Gasteiger charge is 2.34. The second-order valence-electron chi connectivity index (χ2n) is 8.52. The number of hydrogen-bond donors (Lipinski definition) is 0. The monoisotopic (exact) mass is 444 g/mol. The van der Waals surface area contributed by atoms with E-state index < -0.39 is 0 Å². The SMILES string of the molecule is CCCCCCC(=O)N(CC(=O)N1CCc2sccc2C1c1ccc(F)cc1)C(C)C. The van der Waals surface area contributed by atoms with Gasteiger partial charge in [0, 0.05) is 23.9 Å². The number of carbonyl (C=O) groups excluding carboxylic acids is 2. The van der Waals surface area contributed by atoms with E-state index in [0.717, 1.165) is 43.2 Å². The lowest BCUT2D eigenvalue weighted by molar-refractivity contribution is -0.143. The molecule has 1 aromatic heterocycles. The van der Waals surface area contributed by atoms with E-state index in [4.69, 9.17) is 0 Å². The van der Waals surface area contributed by atoms with Gasteiger partial charge >= 0.3 is 0 Å². The zero-order valence-electron chi connectivity index (χ0n) is 18.8. The number of thiophene rings is 1. The molecule has 2 heterocycles. The maximum absolute atomic E-state index is 13.5. The van der Waals surface area contributed by atoms with Gasteiger partial charge in [0.15, 0.2) is 0 Å². The summed E-state index contributed by atoms with van der Waals surface area (Å²) < 4.78 is 13.5. The number of carbonyl (C=O) groups is 2. The van der Waals surface area contributed by atoms with Crippen LogP contribution in [0.3, 0.4) is 0 Å². The average molecular weight is 445 g/mol. The molecule has 2 amide bonds. The van der Waals surface area contributed by atoms with Crippen LogP contribution in [0.2, 0.25) is 0 Å². The minimum atomic E-state index is -0.289. The fraction of sp³-hybridized carbons (Fsp3) is 0.520. The Bertz CT molecular complexity index is 878. The summed E-state index contributed by atoms with van der Waals surface area (Å²) in [6.45, 7) is 6.76. The molecule has 0 saturated heterocycles. The molecule has 1 unspecified atom stereocenters. The van der Waals surface area contributed by atoms with E-state index in [9.17, 15) is 14.0 Å². The smallest absolute Gasteiger partial charge is 0.243 e. The van der Waals surface area contributed by atoms with Crippen LogP contribution in [0, 0.1) is 5.82 Å². The Hall–Kier alpha value is -2.21. The van der Waals surface area contributed by atoms with Gasteiger partial charge in [-0.05, 0) is 61.4 Å². The van der Waals surface area contributed by atoms with Gasteiger partial charge in [-0.2, -0.15) is 0 Å². The van der Waals surface area contributed by atoms with Crippen LogP contribution < -0.4 is 0 Å². The first-order chi connectivity index (χ1) is 14.9. The van der Waals surface area contributed by atoms with E-state index in [1.165, 1.54) is 17.0 Å². The summed E-state index contributed by atoms with van der Waals surface area (Å²) in [5.41, 5.74) is 2.01. The number of rotatable bonds is 9. The highest BCUT2D eigenvalue weighted by Crippen LogP contribution is 2.38. The Morgan fingerprint density at radius 3 is 2.58 bits per heavy atom. The van der Waals surface area contributed by atoms with E-state index in [-0.39, 0.29) is 36.3 Å². The summed E-state index contributed by atoms with van der Waals surface area (Å²) in [7, 11) is 0. The van der Waals surface area contributed by atoms with Crippen molar-refractivity contribution in [2.24, 2.45) is 0 Å². The lowest BCUT2D eigenvalue weighted by atomic mass is 9.93. The number of amides is 2. The van der Waals surface area contributed by atoms with Crippen molar-refractivity contribution in [3.63, 3.8) is 0 Å². The molecule has 0 bridgehead atoms. The molecule has 1 aromatic carbocycles. The number of hydrogen-bond acceptors (Lipinski definition) is 3. The normalized spacial score (nSPS) is 15.8. The molecule has 2 aromatic rings. The molecule has 0 N–H and O–H groups in total. The second-order valence-corrected chi connectivity index (χ2v) is 9.52. The van der Waals surface area contributed by atoms with Gasteiger partial charge in [-0.15, -0.1) is 11.3 Å². The fourth-order valence-electron chi connectivity index (χ4n) is 4.23. The van der Waals surface area contributed by atoms with Crippen LogP contribution in [0.4, 0.5) is 4.39 Å². The number of fused-ring (bicyclic) bond motifs is 1. The summed E-state index contributed by atoms with van der Waals surface area (Å²) in [6, 6.07) is 8.19. The first-order valence-electron chi connectivity index (χ1n) is 11.3. The van der Waals surface area contributed by atoms with Crippen molar-refractivity contribution in [2.75, 3.05) is 13.1 Å². The van der Waals surface area contributed by atoms with E-state index in [1.807, 2.05) is 18.7 Å². The third kappa shape index (κ3) is 5.73. The average Bonchev–Trinajstić information content (AvgIpc) is 3.23. The second kappa shape index (κ2) is 10.9. The van der Waals surface area contributed by atoms with Crippen molar-refractivity contribution >= 4 is 23.2 Å². The fourth-order valence-corrected chi connectivity index (χ4v) is 5.14. The minimum absolute atomic E-state index is 0.0339. The van der Waals surface area contributed by atoms with Gasteiger partial charge in [0.1, 0.15) is 12.4 Å². The molecule has 6 heteroatoms. The van der Waals surface area contributed by atoms with E-state index in [1.54, 1.807) is 28.4 Å². The molecule has 0 fully saturated rings. The minimum Gasteiger partial charge on any atom is -0.331 e. The molecule has 1 aliphatic heterocycles. The lowest BCUT2D eigenvalue weighted by Gasteiger charge is -2.38. The molecule has 0 radical (unpaired) electrons. The number of halogens is 1. The molecule has 168 valence electrons. The Kier molecular flexibility index (Phi) is 8.24. The predicted octanol–water partition coefficient (Wildman–Crippen LogP) is 5.57. The van der Waals surface area contributed by atoms with Crippen molar-refractivity contribution in [3.8, 4) is 0 Å². The molecule has 4 nitrogen and oxygen atoms in total. The Balaban J connectivity index is 1.78. The quantitative estimate of drug-likeness (QED) is 0.475. The van der Waals surface area contributed by atoms with Gasteiger partial charge in [0.25, 0.3) is 0 Å². The highest BCUT2D eigenvalue weighted by molar-refractivity contribution is 7.10. The number of nitrogens with zero attached hydrogens (tertiary/aromatic N) is 2. The van der Waals surface area contributed by atoms with Crippen molar-refractivity contribution in [1.82, 2.24) is 9.80 Å². The first-order valence-corrected chi connectivity index (χ1v) is 12.2. The molecule has 3 rings (SSSR count). The molecular weight excluding hydrogens is 411 g/mol. The summed E-state index contributed by atoms with van der Waals surface area (Å²) in [5, 5.41) is 2.05. The largest absolute Gasteiger partial charge is 0.331 e. The van der Waals surface area contributed by atoms with Crippen LogP contribution in [0.25, 0.3) is 0 Å². The third-order valence-corrected chi connectivity index (χ3v) is 6.96. The standard InChI is InChI=1S/C25H33FN2O2S/c1-4-5-6-7-8-23(29)28(18(2)3)17-24(30)27-15-13-22-21(14-16-31-22)25(27)19-9-11-20(26)12-10-19/h9-12,14,16,18,25H,4-8,13,15,17H2,1-3H3. The van der Waals surface area contributed by atoms with Crippen LogP contribution in [-0.4, -0.2) is 40.7 Å². The summed E-state index contributed by atoms with van der Waals surface area (Å²) in [4.78, 5) is 31.1. The molecule has 31 heavy (non-hydrogen) atoms. The Labute approximate surface area is 189 Å². The van der Waals surface area contributed by atoms with E-state index >= 15 is 0 Å². The summed E-state index contributed by atoms with van der Waals surface area (Å²) in [6.07, 6.45) is 5.46. The summed E-state index contributed by atoms with van der Waals surface area (Å²) >= 11 is 1.70. The van der Waals surface area contributed by atoms with Crippen LogP contribution in [0.5, 0.6) is 0 Å². The molecule has 0 saturated carbocycles. The lowest BCUT2D eigenvalue weighted by Crippen LogP contribution is -2.48. The molecule has 1 aliphatic rings. The van der Waals surface area contributed by atoms with Crippen molar-refractivity contribution in [1.29, 1.82) is 0 Å². The van der Waals surface area contributed by atoms with Crippen LogP contribution in [0.15, 0.2) is 35.7 Å². The van der Waals surface area contributed by atoms with Gasteiger partial charge in [-0.3, -0.25) is 9.59 Å². The number of unbranched alkanes of at least 4 members (excludes halogenated alkanes) is 3. The topological polar surface area (TPSA) is 40.6 Å². The van der Waals surface area contributed by atoms with Crippen LogP contribution >= 0.6 is 11.3 Å². The predicted molar refractivity (Wildman–Crippen MR) is 124 cm³/mol. The van der Waals surface area contributed by atoms with Crippen LogP contribution in [-0.2, 0) is 16.0 Å². The van der Waals surface area contributed by atoms with Crippen molar-refractivity contribution in [2.45, 2.75) is 71.4 Å². The van der Waals surface area contributed by atoms with Crippen LogP contribution in [0.1, 0.15) is 74.9 Å². The van der Waals surface area contributed by atoms with Gasteiger partial charge in [0.2, 0.25) is 11.8 Å². The third-order valence-electron chi connectivity index (χ3n) is 5.97. The van der Waals surface area contributed by atoms with Gasteiger partial charge in [0.05, 0.1) is 6.04 Å². The van der Waals surface area contributed by atoms with Gasteiger partial charge in [-0.25, -0.2) is 4.39 Å². The molecular formula is C25H33FN2O2S. The highest BCUT2D eigenvalue weighted by atomic mass is 32.1. The van der Waals surface area contributed by atoms with E-state index in [0.29, 0.717) is 13.0 Å². The molecule has 0 aliphatic carbocycles. The maximum Gasteiger partial charge on any atom is 0.243 e. The van der Waals surface area contributed by atoms with Gasteiger partial charge < -0.3 is 9.80 Å².